The maximum Gasteiger partial charge on any atom is 0.219 e. The fraction of sp³-hybridized carbons (Fsp3) is 0.562. The van der Waals surface area contributed by atoms with Crippen molar-refractivity contribution in [1.29, 1.82) is 0 Å². The summed E-state index contributed by atoms with van der Waals surface area (Å²) in [4.78, 5) is 16.0. The topological polar surface area (TPSA) is 23.6 Å². The molecule has 1 spiro atoms. The third-order valence-corrected chi connectivity index (χ3v) is 4.83. The number of hydrogen-bond donors (Lipinski definition) is 0. The highest BCUT2D eigenvalue weighted by molar-refractivity contribution is 5.73. The van der Waals surface area contributed by atoms with Gasteiger partial charge in [-0.1, -0.05) is 18.2 Å². The number of piperidine rings is 1. The molecular weight excluding hydrogens is 236 g/mol. The molecule has 1 aromatic carbocycles. The van der Waals surface area contributed by atoms with Crippen LogP contribution in [-0.2, 0) is 4.79 Å². The van der Waals surface area contributed by atoms with Crippen LogP contribution in [0.2, 0.25) is 0 Å². The molecule has 2 aliphatic rings. The molecule has 1 aromatic rings. The van der Waals surface area contributed by atoms with E-state index in [4.69, 9.17) is 0 Å². The van der Waals surface area contributed by atoms with Crippen molar-refractivity contribution in [3.8, 4) is 0 Å². The average molecular weight is 258 g/mol. The van der Waals surface area contributed by atoms with Crippen LogP contribution in [0.5, 0.6) is 0 Å². The SMILES string of the molecule is CC(=O)N1CCC2(CCN(c3ccccc3)CC2)C1. The quantitative estimate of drug-likeness (QED) is 0.773. The highest BCUT2D eigenvalue weighted by Crippen LogP contribution is 2.41. The van der Waals surface area contributed by atoms with Crippen LogP contribution >= 0.6 is 0 Å². The van der Waals surface area contributed by atoms with Crippen molar-refractivity contribution in [2.45, 2.75) is 26.2 Å². The Bertz CT molecular complexity index is 449. The first-order valence-corrected chi connectivity index (χ1v) is 7.24. The molecule has 3 rings (SSSR count). The van der Waals surface area contributed by atoms with Gasteiger partial charge in [0.25, 0.3) is 0 Å². The molecule has 0 N–H and O–H groups in total. The van der Waals surface area contributed by atoms with E-state index in [1.807, 2.05) is 4.90 Å². The van der Waals surface area contributed by atoms with Crippen LogP contribution in [-0.4, -0.2) is 37.0 Å². The summed E-state index contributed by atoms with van der Waals surface area (Å²) in [6.07, 6.45) is 3.62. The minimum absolute atomic E-state index is 0.238. The molecule has 2 aliphatic heterocycles. The molecule has 0 atom stereocenters. The van der Waals surface area contributed by atoms with Crippen LogP contribution in [0.3, 0.4) is 0 Å². The first kappa shape index (κ1) is 12.5. The van der Waals surface area contributed by atoms with Crippen molar-refractivity contribution in [2.24, 2.45) is 5.41 Å². The lowest BCUT2D eigenvalue weighted by atomic mass is 9.77. The molecule has 1 amide bonds. The van der Waals surface area contributed by atoms with Gasteiger partial charge in [0.05, 0.1) is 0 Å². The summed E-state index contributed by atoms with van der Waals surface area (Å²) < 4.78 is 0. The molecule has 0 saturated carbocycles. The number of hydrogen-bond acceptors (Lipinski definition) is 2. The van der Waals surface area contributed by atoms with Gasteiger partial charge in [-0.15, -0.1) is 0 Å². The molecule has 102 valence electrons. The second-order valence-electron chi connectivity index (χ2n) is 6.01. The van der Waals surface area contributed by atoms with Gasteiger partial charge in [0.2, 0.25) is 5.91 Å². The standard InChI is InChI=1S/C16H22N2O/c1-14(19)18-12-9-16(13-18)7-10-17(11-8-16)15-5-3-2-4-6-15/h2-6H,7-13H2,1H3. The molecule has 3 nitrogen and oxygen atoms in total. The molecule has 0 radical (unpaired) electrons. The highest BCUT2D eigenvalue weighted by atomic mass is 16.2. The van der Waals surface area contributed by atoms with Crippen molar-refractivity contribution in [1.82, 2.24) is 4.90 Å². The van der Waals surface area contributed by atoms with Gasteiger partial charge in [-0.2, -0.15) is 0 Å². The summed E-state index contributed by atoms with van der Waals surface area (Å²) in [5.74, 6) is 0.238. The Morgan fingerprint density at radius 3 is 2.26 bits per heavy atom. The summed E-state index contributed by atoms with van der Waals surface area (Å²) in [6.45, 7) is 5.87. The largest absolute Gasteiger partial charge is 0.371 e. The third-order valence-electron chi connectivity index (χ3n) is 4.83. The Kier molecular flexibility index (Phi) is 3.21. The predicted octanol–water partition coefficient (Wildman–Crippen LogP) is 2.53. The Morgan fingerprint density at radius 2 is 1.68 bits per heavy atom. The van der Waals surface area contributed by atoms with Gasteiger partial charge in [0.1, 0.15) is 0 Å². The molecular formula is C16H22N2O. The lowest BCUT2D eigenvalue weighted by Gasteiger charge is -2.40. The number of benzene rings is 1. The van der Waals surface area contributed by atoms with E-state index in [1.54, 1.807) is 6.92 Å². The van der Waals surface area contributed by atoms with E-state index >= 15 is 0 Å². The first-order valence-electron chi connectivity index (χ1n) is 7.24. The van der Waals surface area contributed by atoms with E-state index in [0.29, 0.717) is 5.41 Å². The molecule has 0 aliphatic carbocycles. The number of carbonyl (C=O) groups excluding carboxylic acids is 1. The predicted molar refractivity (Wildman–Crippen MR) is 77.2 cm³/mol. The minimum atomic E-state index is 0.238. The normalized spacial score (nSPS) is 21.9. The van der Waals surface area contributed by atoms with Crippen LogP contribution < -0.4 is 4.90 Å². The van der Waals surface area contributed by atoms with Crippen molar-refractivity contribution in [3.05, 3.63) is 30.3 Å². The average Bonchev–Trinajstić information content (AvgIpc) is 2.85. The fourth-order valence-corrected chi connectivity index (χ4v) is 3.49. The zero-order valence-electron chi connectivity index (χ0n) is 11.6. The molecule has 2 saturated heterocycles. The van der Waals surface area contributed by atoms with Gasteiger partial charge in [0.15, 0.2) is 0 Å². The van der Waals surface area contributed by atoms with Crippen LogP contribution in [0.25, 0.3) is 0 Å². The van der Waals surface area contributed by atoms with Crippen LogP contribution in [0.4, 0.5) is 5.69 Å². The third kappa shape index (κ3) is 2.46. The lowest BCUT2D eigenvalue weighted by molar-refractivity contribution is -0.128. The molecule has 3 heteroatoms. The summed E-state index contributed by atoms with van der Waals surface area (Å²) in [5.41, 5.74) is 1.73. The Morgan fingerprint density at radius 1 is 1.05 bits per heavy atom. The zero-order chi connectivity index (χ0) is 13.3. The van der Waals surface area contributed by atoms with Gasteiger partial charge in [-0.25, -0.2) is 0 Å². The van der Waals surface area contributed by atoms with Gasteiger partial charge in [-0.3, -0.25) is 4.79 Å². The fourth-order valence-electron chi connectivity index (χ4n) is 3.49. The van der Waals surface area contributed by atoms with E-state index in [2.05, 4.69) is 35.2 Å². The minimum Gasteiger partial charge on any atom is -0.371 e. The summed E-state index contributed by atoms with van der Waals surface area (Å²) >= 11 is 0. The number of rotatable bonds is 1. The second-order valence-corrected chi connectivity index (χ2v) is 6.01. The highest BCUT2D eigenvalue weighted by Gasteiger charge is 2.41. The van der Waals surface area contributed by atoms with Gasteiger partial charge < -0.3 is 9.80 Å². The number of likely N-dealkylation sites (tertiary alicyclic amines) is 1. The molecule has 0 aromatic heterocycles. The van der Waals surface area contributed by atoms with Crippen LogP contribution in [0.15, 0.2) is 30.3 Å². The van der Waals surface area contributed by atoms with Crippen LogP contribution in [0.1, 0.15) is 26.2 Å². The number of para-hydroxylation sites is 1. The number of nitrogens with zero attached hydrogens (tertiary/aromatic N) is 2. The number of amides is 1. The summed E-state index contributed by atoms with van der Waals surface area (Å²) in [5, 5.41) is 0. The van der Waals surface area contributed by atoms with E-state index in [9.17, 15) is 4.79 Å². The molecule has 19 heavy (non-hydrogen) atoms. The Balaban J connectivity index is 1.63. The van der Waals surface area contributed by atoms with Crippen LogP contribution in [0, 0.1) is 5.41 Å². The van der Waals surface area contributed by atoms with Gasteiger partial charge >= 0.3 is 0 Å². The molecule has 0 bridgehead atoms. The monoisotopic (exact) mass is 258 g/mol. The number of carbonyl (C=O) groups is 1. The number of anilines is 1. The van der Waals surface area contributed by atoms with Crippen molar-refractivity contribution >= 4 is 11.6 Å². The van der Waals surface area contributed by atoms with Gasteiger partial charge in [0, 0.05) is 38.8 Å². The second kappa shape index (κ2) is 4.87. The zero-order valence-corrected chi connectivity index (χ0v) is 11.6. The van der Waals surface area contributed by atoms with E-state index in [0.717, 1.165) is 26.2 Å². The lowest BCUT2D eigenvalue weighted by Crippen LogP contribution is -2.42. The van der Waals surface area contributed by atoms with E-state index in [-0.39, 0.29) is 5.91 Å². The van der Waals surface area contributed by atoms with Gasteiger partial charge in [-0.05, 0) is 36.8 Å². The molecule has 0 unspecified atom stereocenters. The maximum absolute atomic E-state index is 11.5. The van der Waals surface area contributed by atoms with Crippen molar-refractivity contribution in [3.63, 3.8) is 0 Å². The first-order chi connectivity index (χ1) is 9.19. The summed E-state index contributed by atoms with van der Waals surface area (Å²) in [7, 11) is 0. The smallest absolute Gasteiger partial charge is 0.219 e. The van der Waals surface area contributed by atoms with E-state index < -0.39 is 0 Å². The maximum atomic E-state index is 11.5. The Labute approximate surface area is 115 Å². The van der Waals surface area contributed by atoms with Crippen molar-refractivity contribution < 1.29 is 4.79 Å². The molecule has 2 heterocycles. The van der Waals surface area contributed by atoms with Crippen molar-refractivity contribution in [2.75, 3.05) is 31.1 Å². The van der Waals surface area contributed by atoms with E-state index in [1.165, 1.54) is 24.9 Å². The molecule has 2 fully saturated rings. The Hall–Kier alpha value is -1.51. The summed E-state index contributed by atoms with van der Waals surface area (Å²) in [6, 6.07) is 10.7.